The molecule has 2 heterocycles. The number of amidine groups is 1. The molecule has 0 bridgehead atoms. The molecule has 6 rings (SSSR count). The molecule has 202 valence electrons. The zero-order chi connectivity index (χ0) is 26.8. The van der Waals surface area contributed by atoms with Crippen LogP contribution < -0.4 is 10.2 Å². The van der Waals surface area contributed by atoms with E-state index in [0.717, 1.165) is 51.2 Å². The van der Waals surface area contributed by atoms with Crippen molar-refractivity contribution in [1.29, 1.82) is 0 Å². The number of piperidine rings is 1. The van der Waals surface area contributed by atoms with Gasteiger partial charge in [0.1, 0.15) is 17.2 Å². The number of nitrogens with zero attached hydrogens (tertiary/aromatic N) is 3. The number of nitrogens with one attached hydrogen (secondary N) is 1. The lowest BCUT2D eigenvalue weighted by Gasteiger charge is -2.45. The van der Waals surface area contributed by atoms with E-state index >= 15 is 0 Å². The van der Waals surface area contributed by atoms with Crippen LogP contribution in [-0.4, -0.2) is 41.4 Å². The van der Waals surface area contributed by atoms with Crippen LogP contribution in [0.4, 0.5) is 14.9 Å². The minimum atomic E-state index is -0.567. The molecule has 0 unspecified atom stereocenters. The minimum absolute atomic E-state index is 0.293. The second-order valence-corrected chi connectivity index (χ2v) is 11.4. The van der Waals surface area contributed by atoms with Crippen molar-refractivity contribution < 1.29 is 9.18 Å². The first kappa shape index (κ1) is 25.8. The van der Waals surface area contributed by atoms with Gasteiger partial charge in [-0.25, -0.2) is 9.18 Å². The van der Waals surface area contributed by atoms with Gasteiger partial charge in [0.2, 0.25) is 0 Å². The van der Waals surface area contributed by atoms with Crippen LogP contribution in [0.2, 0.25) is 0 Å². The molecule has 0 radical (unpaired) electrons. The van der Waals surface area contributed by atoms with Crippen molar-refractivity contribution in [2.24, 2.45) is 4.99 Å². The Morgan fingerprint density at radius 1 is 0.923 bits per heavy atom. The molecule has 1 saturated heterocycles. The molecule has 6 heteroatoms. The summed E-state index contributed by atoms with van der Waals surface area (Å²) in [5.74, 6) is 0.444. The number of rotatable bonds is 5. The van der Waals surface area contributed by atoms with E-state index < -0.39 is 5.54 Å². The lowest BCUT2D eigenvalue weighted by Crippen LogP contribution is -2.62. The molecule has 3 aliphatic rings. The van der Waals surface area contributed by atoms with Crippen molar-refractivity contribution in [1.82, 2.24) is 10.2 Å². The highest BCUT2D eigenvalue weighted by Crippen LogP contribution is 2.39. The zero-order valence-corrected chi connectivity index (χ0v) is 22.7. The van der Waals surface area contributed by atoms with Gasteiger partial charge in [-0.2, -0.15) is 4.99 Å². The van der Waals surface area contributed by atoms with E-state index in [1.807, 2.05) is 6.07 Å². The summed E-state index contributed by atoms with van der Waals surface area (Å²) in [6.07, 6.45) is 7.39. The number of amides is 2. The van der Waals surface area contributed by atoms with Crippen molar-refractivity contribution in [2.75, 3.05) is 18.0 Å². The van der Waals surface area contributed by atoms with Crippen LogP contribution in [0.25, 0.3) is 11.1 Å². The monoisotopic (exact) mass is 524 g/mol. The molecule has 1 saturated carbocycles. The number of hydrogen-bond donors (Lipinski definition) is 1. The van der Waals surface area contributed by atoms with E-state index in [2.05, 4.69) is 70.7 Å². The van der Waals surface area contributed by atoms with E-state index in [1.165, 1.54) is 53.6 Å². The summed E-state index contributed by atoms with van der Waals surface area (Å²) in [5, 5.41) is 3.69. The number of carbonyl (C=O) groups is 1. The Hall–Kier alpha value is -3.51. The second kappa shape index (κ2) is 10.9. The van der Waals surface area contributed by atoms with Crippen LogP contribution in [0, 0.1) is 12.7 Å². The summed E-state index contributed by atoms with van der Waals surface area (Å²) in [7, 11) is 0. The molecule has 39 heavy (non-hydrogen) atoms. The van der Waals surface area contributed by atoms with Crippen molar-refractivity contribution in [3.05, 3.63) is 89.7 Å². The number of aliphatic imine (C=N–C) groups is 1. The van der Waals surface area contributed by atoms with Gasteiger partial charge in [0.05, 0.1) is 0 Å². The summed E-state index contributed by atoms with van der Waals surface area (Å²) in [6, 6.07) is 23.9. The van der Waals surface area contributed by atoms with Gasteiger partial charge in [-0.05, 0) is 73.6 Å². The number of benzene rings is 3. The fraction of sp³-hybridized carbons (Fsp3) is 0.394. The highest BCUT2D eigenvalue weighted by molar-refractivity contribution is 6.16. The Balaban J connectivity index is 1.21. The maximum Gasteiger partial charge on any atom is 0.350 e. The third-order valence-corrected chi connectivity index (χ3v) is 8.68. The number of likely N-dealkylation sites (tertiary alicyclic amines) is 1. The van der Waals surface area contributed by atoms with Crippen molar-refractivity contribution in [3.63, 3.8) is 0 Å². The number of halogens is 1. The van der Waals surface area contributed by atoms with Gasteiger partial charge >= 0.3 is 6.03 Å². The minimum Gasteiger partial charge on any atom is -0.369 e. The van der Waals surface area contributed by atoms with Gasteiger partial charge in [0.15, 0.2) is 0 Å². The maximum absolute atomic E-state index is 14.3. The number of urea groups is 1. The topological polar surface area (TPSA) is 47.9 Å². The predicted molar refractivity (Wildman–Crippen MR) is 156 cm³/mol. The Morgan fingerprint density at radius 2 is 1.67 bits per heavy atom. The summed E-state index contributed by atoms with van der Waals surface area (Å²) in [5.41, 5.74) is 5.01. The van der Waals surface area contributed by atoms with Gasteiger partial charge < -0.3 is 5.32 Å². The number of aryl methyl sites for hydroxylation is 1. The lowest BCUT2D eigenvalue weighted by molar-refractivity contribution is 0.181. The van der Waals surface area contributed by atoms with E-state index in [0.29, 0.717) is 11.7 Å². The van der Waals surface area contributed by atoms with E-state index in [9.17, 15) is 9.18 Å². The summed E-state index contributed by atoms with van der Waals surface area (Å²) >= 11 is 0. The van der Waals surface area contributed by atoms with Crippen LogP contribution in [0.15, 0.2) is 77.8 Å². The van der Waals surface area contributed by atoms with Gasteiger partial charge in [-0.15, -0.1) is 0 Å². The largest absolute Gasteiger partial charge is 0.369 e. The smallest absolute Gasteiger partial charge is 0.350 e. The SMILES string of the molecule is Cc1ccc(-c2cccc(CN3CCC4(CC3)C(NC3CCCCC3)=NC(=O)N4c3cccc(F)c3)c2)cc1. The molecule has 2 fully saturated rings. The Labute approximate surface area is 230 Å². The van der Waals surface area contributed by atoms with Crippen LogP contribution in [0.3, 0.4) is 0 Å². The molecular formula is C33H37FN4O. The second-order valence-electron chi connectivity index (χ2n) is 11.4. The summed E-state index contributed by atoms with van der Waals surface area (Å²) in [4.78, 5) is 22.1. The van der Waals surface area contributed by atoms with Gasteiger partial charge in [0.25, 0.3) is 0 Å². The standard InChI is InChI=1S/C33H37FN4O/c1-24-13-15-26(16-14-24)27-8-5-7-25(21-27)23-37-19-17-33(18-20-37)31(35-29-10-3-2-4-11-29)36-32(39)38(33)30-12-6-9-28(34)22-30/h5-9,12-16,21-22,29H,2-4,10-11,17-20,23H2,1H3,(H,35,36,39). The van der Waals surface area contributed by atoms with Gasteiger partial charge in [-0.3, -0.25) is 9.80 Å². The molecule has 2 amide bonds. The fourth-order valence-electron chi connectivity index (χ4n) is 6.51. The average molecular weight is 525 g/mol. The fourth-order valence-corrected chi connectivity index (χ4v) is 6.51. The molecule has 3 aromatic rings. The molecule has 0 aromatic heterocycles. The molecule has 3 aromatic carbocycles. The molecular weight excluding hydrogens is 487 g/mol. The van der Waals surface area contributed by atoms with Crippen LogP contribution in [0.5, 0.6) is 0 Å². The highest BCUT2D eigenvalue weighted by atomic mass is 19.1. The maximum atomic E-state index is 14.3. The molecule has 0 atom stereocenters. The third-order valence-electron chi connectivity index (χ3n) is 8.68. The Morgan fingerprint density at radius 3 is 2.41 bits per heavy atom. The van der Waals surface area contributed by atoms with Gasteiger partial charge in [0, 0.05) is 31.4 Å². The number of hydrogen-bond acceptors (Lipinski definition) is 3. The number of carbonyl (C=O) groups excluding carboxylic acids is 1. The Bertz CT molecular complexity index is 1350. The summed E-state index contributed by atoms with van der Waals surface area (Å²) < 4.78 is 14.3. The van der Waals surface area contributed by atoms with Crippen LogP contribution >= 0.6 is 0 Å². The van der Waals surface area contributed by atoms with Crippen molar-refractivity contribution in [2.45, 2.75) is 70.0 Å². The van der Waals surface area contributed by atoms with E-state index in [1.54, 1.807) is 11.0 Å². The van der Waals surface area contributed by atoms with E-state index in [4.69, 9.17) is 0 Å². The van der Waals surface area contributed by atoms with Crippen LogP contribution in [-0.2, 0) is 6.54 Å². The first-order valence-corrected chi connectivity index (χ1v) is 14.3. The first-order valence-electron chi connectivity index (χ1n) is 14.3. The molecule has 5 nitrogen and oxygen atoms in total. The normalized spacial score (nSPS) is 19.9. The average Bonchev–Trinajstić information content (AvgIpc) is 3.21. The van der Waals surface area contributed by atoms with Crippen molar-refractivity contribution in [3.8, 4) is 11.1 Å². The number of anilines is 1. The lowest BCUT2D eigenvalue weighted by atomic mass is 9.83. The molecule has 1 N–H and O–H groups in total. The zero-order valence-electron chi connectivity index (χ0n) is 22.7. The van der Waals surface area contributed by atoms with E-state index in [-0.39, 0.29) is 11.8 Å². The van der Waals surface area contributed by atoms with Gasteiger partial charge in [-0.1, -0.05) is 73.4 Å². The highest BCUT2D eigenvalue weighted by Gasteiger charge is 2.52. The Kier molecular flexibility index (Phi) is 7.22. The first-order chi connectivity index (χ1) is 19.0. The molecule has 1 aliphatic carbocycles. The molecule has 2 aliphatic heterocycles. The van der Waals surface area contributed by atoms with Crippen molar-refractivity contribution >= 4 is 17.6 Å². The molecule has 1 spiro atoms. The third kappa shape index (κ3) is 5.35. The quantitative estimate of drug-likeness (QED) is 0.387. The van der Waals surface area contributed by atoms with Crippen LogP contribution in [0.1, 0.15) is 56.1 Å². The summed E-state index contributed by atoms with van der Waals surface area (Å²) in [6.45, 7) is 4.63. The predicted octanol–water partition coefficient (Wildman–Crippen LogP) is 7.10.